The Hall–Kier alpha value is -1.88. The summed E-state index contributed by atoms with van der Waals surface area (Å²) in [5, 5.41) is 12.0. The molecule has 1 heterocycles. The molecule has 0 amide bonds. The van der Waals surface area contributed by atoms with E-state index in [2.05, 4.69) is 10.3 Å². The number of hydrogen-bond acceptors (Lipinski definition) is 4. The lowest BCUT2D eigenvalue weighted by Crippen LogP contribution is -2.01. The van der Waals surface area contributed by atoms with Crippen LogP contribution in [-0.2, 0) is 17.8 Å². The number of nitrogens with zero attached hydrogens (tertiary/aromatic N) is 1. The average molecular weight is 276 g/mol. The van der Waals surface area contributed by atoms with Crippen LogP contribution in [0.5, 0.6) is 0 Å². The molecule has 0 aliphatic rings. The van der Waals surface area contributed by atoms with Crippen molar-refractivity contribution in [3.05, 3.63) is 45.9 Å². The molecule has 2 rings (SSSR count). The quantitative estimate of drug-likeness (QED) is 0.851. The number of aryl methyl sites for hydroxylation is 2. The normalized spacial score (nSPS) is 10.4. The molecular weight excluding hydrogens is 260 g/mol. The fourth-order valence-electron chi connectivity index (χ4n) is 1.77. The van der Waals surface area contributed by atoms with Crippen molar-refractivity contribution in [1.82, 2.24) is 4.98 Å². The number of aromatic nitrogens is 1. The van der Waals surface area contributed by atoms with Gasteiger partial charge >= 0.3 is 5.97 Å². The molecule has 0 saturated heterocycles. The molecule has 4 nitrogen and oxygen atoms in total. The molecule has 1 aromatic heterocycles. The van der Waals surface area contributed by atoms with Crippen LogP contribution in [0.15, 0.2) is 29.8 Å². The highest BCUT2D eigenvalue weighted by atomic mass is 32.1. The highest BCUT2D eigenvalue weighted by molar-refractivity contribution is 7.09. The number of carboxylic acid groups (broad SMARTS) is 1. The van der Waals surface area contributed by atoms with E-state index < -0.39 is 5.97 Å². The Morgan fingerprint density at radius 3 is 3.00 bits per heavy atom. The molecule has 100 valence electrons. The number of anilines is 1. The molecule has 0 aliphatic heterocycles. The molecule has 5 heteroatoms. The third kappa shape index (κ3) is 4.06. The average Bonchev–Trinajstić information content (AvgIpc) is 2.80. The molecule has 0 saturated carbocycles. The van der Waals surface area contributed by atoms with Crippen molar-refractivity contribution < 1.29 is 9.90 Å². The maximum absolute atomic E-state index is 10.6. The molecule has 0 unspecified atom stereocenters. The number of hydrogen-bond donors (Lipinski definition) is 2. The summed E-state index contributed by atoms with van der Waals surface area (Å²) in [6, 6.07) is 7.88. The topological polar surface area (TPSA) is 62.2 Å². The van der Waals surface area contributed by atoms with E-state index in [0.717, 1.165) is 23.5 Å². The van der Waals surface area contributed by atoms with Gasteiger partial charge in [0.15, 0.2) is 0 Å². The van der Waals surface area contributed by atoms with Crippen molar-refractivity contribution in [2.45, 2.75) is 26.3 Å². The van der Waals surface area contributed by atoms with Crippen LogP contribution in [0.1, 0.15) is 22.6 Å². The maximum Gasteiger partial charge on any atom is 0.303 e. The Morgan fingerprint density at radius 1 is 1.47 bits per heavy atom. The van der Waals surface area contributed by atoms with Gasteiger partial charge in [-0.05, 0) is 31.0 Å². The van der Waals surface area contributed by atoms with Crippen molar-refractivity contribution >= 4 is 23.0 Å². The number of carbonyl (C=O) groups is 1. The summed E-state index contributed by atoms with van der Waals surface area (Å²) >= 11 is 1.64. The zero-order valence-electron chi connectivity index (χ0n) is 10.7. The summed E-state index contributed by atoms with van der Waals surface area (Å²) < 4.78 is 0. The molecule has 0 aliphatic carbocycles. The van der Waals surface area contributed by atoms with E-state index in [0.29, 0.717) is 6.42 Å². The van der Waals surface area contributed by atoms with Crippen LogP contribution in [0, 0.1) is 6.92 Å². The van der Waals surface area contributed by atoms with E-state index in [4.69, 9.17) is 5.11 Å². The monoisotopic (exact) mass is 276 g/mol. The first-order valence-electron chi connectivity index (χ1n) is 6.08. The highest BCUT2D eigenvalue weighted by Crippen LogP contribution is 2.17. The predicted molar refractivity (Wildman–Crippen MR) is 76.6 cm³/mol. The lowest BCUT2D eigenvalue weighted by Gasteiger charge is -2.07. The minimum absolute atomic E-state index is 0.164. The fourth-order valence-corrected chi connectivity index (χ4v) is 2.48. The van der Waals surface area contributed by atoms with Crippen LogP contribution >= 0.6 is 11.3 Å². The molecule has 0 fully saturated rings. The first-order chi connectivity index (χ1) is 9.15. The van der Waals surface area contributed by atoms with Crippen LogP contribution in [0.2, 0.25) is 0 Å². The van der Waals surface area contributed by atoms with E-state index >= 15 is 0 Å². The van der Waals surface area contributed by atoms with Crippen molar-refractivity contribution in [3.8, 4) is 0 Å². The van der Waals surface area contributed by atoms with E-state index in [1.165, 1.54) is 4.88 Å². The Morgan fingerprint density at radius 2 is 2.32 bits per heavy atom. The Balaban J connectivity index is 1.95. The Bertz CT molecular complexity index is 566. The Labute approximate surface area is 116 Å². The lowest BCUT2D eigenvalue weighted by atomic mass is 10.1. The number of nitrogens with one attached hydrogen (secondary N) is 1. The van der Waals surface area contributed by atoms with E-state index in [1.54, 1.807) is 11.3 Å². The fraction of sp³-hybridized carbons (Fsp3) is 0.286. The van der Waals surface area contributed by atoms with Crippen LogP contribution in [0.4, 0.5) is 5.69 Å². The number of thiazole rings is 1. The van der Waals surface area contributed by atoms with Gasteiger partial charge < -0.3 is 10.4 Å². The van der Waals surface area contributed by atoms with E-state index in [-0.39, 0.29) is 6.42 Å². The van der Waals surface area contributed by atoms with Gasteiger partial charge in [0.2, 0.25) is 0 Å². The second-order valence-corrected chi connectivity index (χ2v) is 5.25. The Kier molecular flexibility index (Phi) is 4.52. The SMILES string of the molecule is Cc1ncsc1CNc1cccc(CCC(=O)O)c1. The van der Waals surface area contributed by atoms with Gasteiger partial charge in [-0.2, -0.15) is 0 Å². The largest absolute Gasteiger partial charge is 0.481 e. The van der Waals surface area contributed by atoms with Gasteiger partial charge in [-0.15, -0.1) is 11.3 Å². The van der Waals surface area contributed by atoms with Gasteiger partial charge in [0.1, 0.15) is 0 Å². The molecule has 0 spiro atoms. The number of aliphatic carboxylic acids is 1. The van der Waals surface area contributed by atoms with Crippen molar-refractivity contribution in [3.63, 3.8) is 0 Å². The van der Waals surface area contributed by atoms with Gasteiger partial charge in [-0.3, -0.25) is 4.79 Å². The van der Waals surface area contributed by atoms with E-state index in [9.17, 15) is 4.79 Å². The predicted octanol–water partition coefficient (Wildman–Crippen LogP) is 3.08. The third-order valence-electron chi connectivity index (χ3n) is 2.85. The van der Waals surface area contributed by atoms with Crippen molar-refractivity contribution in [2.24, 2.45) is 0 Å². The summed E-state index contributed by atoms with van der Waals surface area (Å²) in [5.41, 5.74) is 4.94. The summed E-state index contributed by atoms with van der Waals surface area (Å²) in [5.74, 6) is -0.765. The van der Waals surface area contributed by atoms with Gasteiger partial charge in [0.05, 0.1) is 17.7 Å². The molecule has 0 atom stereocenters. The molecule has 2 N–H and O–H groups in total. The number of carboxylic acids is 1. The first-order valence-corrected chi connectivity index (χ1v) is 6.96. The minimum Gasteiger partial charge on any atom is -0.481 e. The third-order valence-corrected chi connectivity index (χ3v) is 3.79. The highest BCUT2D eigenvalue weighted by Gasteiger charge is 2.03. The molecule has 0 radical (unpaired) electrons. The summed E-state index contributed by atoms with van der Waals surface area (Å²) in [6.07, 6.45) is 0.724. The first kappa shape index (κ1) is 13.5. The van der Waals surface area contributed by atoms with Gasteiger partial charge in [-0.25, -0.2) is 4.98 Å². The minimum atomic E-state index is -0.765. The number of rotatable bonds is 6. The lowest BCUT2D eigenvalue weighted by molar-refractivity contribution is -0.136. The molecule has 2 aromatic rings. The van der Waals surface area contributed by atoms with Gasteiger partial charge in [0.25, 0.3) is 0 Å². The summed E-state index contributed by atoms with van der Waals surface area (Å²) in [6.45, 7) is 2.75. The van der Waals surface area contributed by atoms with Crippen LogP contribution in [0.25, 0.3) is 0 Å². The zero-order chi connectivity index (χ0) is 13.7. The van der Waals surface area contributed by atoms with E-state index in [1.807, 2.05) is 36.7 Å². The molecule has 0 bridgehead atoms. The second-order valence-electron chi connectivity index (χ2n) is 4.31. The standard InChI is InChI=1S/C14H16N2O2S/c1-10-13(19-9-16-10)8-15-12-4-2-3-11(7-12)5-6-14(17)18/h2-4,7,9,15H,5-6,8H2,1H3,(H,17,18). The number of benzene rings is 1. The maximum atomic E-state index is 10.6. The van der Waals surface area contributed by atoms with Crippen molar-refractivity contribution in [1.29, 1.82) is 0 Å². The second kappa shape index (κ2) is 6.33. The molecule has 1 aromatic carbocycles. The molecule has 19 heavy (non-hydrogen) atoms. The zero-order valence-corrected chi connectivity index (χ0v) is 11.5. The smallest absolute Gasteiger partial charge is 0.303 e. The summed E-state index contributed by atoms with van der Waals surface area (Å²) in [4.78, 5) is 16.0. The van der Waals surface area contributed by atoms with Crippen molar-refractivity contribution in [2.75, 3.05) is 5.32 Å². The van der Waals surface area contributed by atoms with Crippen LogP contribution in [0.3, 0.4) is 0 Å². The van der Waals surface area contributed by atoms with Gasteiger partial charge in [-0.1, -0.05) is 12.1 Å². The summed E-state index contributed by atoms with van der Waals surface area (Å²) in [7, 11) is 0. The van der Waals surface area contributed by atoms with Crippen LogP contribution in [-0.4, -0.2) is 16.1 Å². The molecular formula is C14H16N2O2S. The van der Waals surface area contributed by atoms with Crippen LogP contribution < -0.4 is 5.32 Å². The van der Waals surface area contributed by atoms with Gasteiger partial charge in [0, 0.05) is 17.0 Å².